The molecule has 2 heterocycles. The Balaban J connectivity index is 0.000000254. The van der Waals surface area contributed by atoms with Crippen LogP contribution in [0.5, 0.6) is 0 Å². The van der Waals surface area contributed by atoms with Crippen molar-refractivity contribution in [1.29, 1.82) is 0 Å². The number of halogens is 1. The van der Waals surface area contributed by atoms with Crippen molar-refractivity contribution >= 4 is 29.7 Å². The summed E-state index contributed by atoms with van der Waals surface area (Å²) in [6.07, 6.45) is -0.565. The number of carbonyl (C=O) groups excluding carboxylic acids is 3. The van der Waals surface area contributed by atoms with Crippen molar-refractivity contribution in [2.75, 3.05) is 72.5 Å². The summed E-state index contributed by atoms with van der Waals surface area (Å²) in [6, 6.07) is 0. The molecule has 24 heavy (non-hydrogen) atoms. The summed E-state index contributed by atoms with van der Waals surface area (Å²) in [5, 5.41) is 3.14. The summed E-state index contributed by atoms with van der Waals surface area (Å²) >= 11 is 5.42. The Morgan fingerprint density at radius 2 is 1.25 bits per heavy atom. The number of carbonyl (C=O) groups is 3. The average Bonchev–Trinajstić information content (AvgIpc) is 2.67. The van der Waals surface area contributed by atoms with Gasteiger partial charge in [0.2, 0.25) is 5.91 Å². The molecule has 2 saturated heterocycles. The number of hydrogen-bond acceptors (Lipinski definition) is 6. The Kier molecular flexibility index (Phi) is 9.24. The monoisotopic (exact) mass is 364 g/mol. The molecule has 2 aliphatic heterocycles. The molecule has 0 aromatic rings. The minimum Gasteiger partial charge on any atom is -0.453 e. The Morgan fingerprint density at radius 3 is 1.67 bits per heavy atom. The highest BCUT2D eigenvalue weighted by Crippen LogP contribution is 2.04. The smallest absolute Gasteiger partial charge is 0.409 e. The van der Waals surface area contributed by atoms with Gasteiger partial charge in [0.15, 0.2) is 0 Å². The van der Waals surface area contributed by atoms with E-state index in [0.29, 0.717) is 26.2 Å². The van der Waals surface area contributed by atoms with E-state index in [2.05, 4.69) is 14.8 Å². The molecule has 0 atom stereocenters. The lowest BCUT2D eigenvalue weighted by molar-refractivity contribution is -0.130. The van der Waals surface area contributed by atoms with Crippen molar-refractivity contribution in [1.82, 2.24) is 20.0 Å². The summed E-state index contributed by atoms with van der Waals surface area (Å²) in [4.78, 5) is 38.0. The fourth-order valence-corrected chi connectivity index (χ4v) is 2.50. The number of rotatable bonds is 1. The molecule has 138 valence electrons. The molecule has 1 N–H and O–H groups in total. The van der Waals surface area contributed by atoms with E-state index in [-0.39, 0.29) is 24.0 Å². The first-order chi connectivity index (χ1) is 11.5. The molecule has 0 aromatic heterocycles. The number of nitrogens with one attached hydrogen (secondary N) is 1. The van der Waals surface area contributed by atoms with Gasteiger partial charge in [0.1, 0.15) is 5.88 Å². The molecule has 10 heteroatoms. The molecule has 2 aliphatic rings. The van der Waals surface area contributed by atoms with Gasteiger partial charge in [0, 0.05) is 52.4 Å². The van der Waals surface area contributed by atoms with Crippen LogP contribution in [-0.4, -0.2) is 105 Å². The second-order valence-electron chi connectivity index (χ2n) is 5.18. The van der Waals surface area contributed by atoms with Crippen LogP contribution in [0, 0.1) is 0 Å². The van der Waals surface area contributed by atoms with E-state index >= 15 is 0 Å². The van der Waals surface area contributed by atoms with E-state index in [0.717, 1.165) is 26.2 Å². The standard InChI is InChI=1S/C8H13ClN2O3.C6H12N2O2/c1-14-8(13)11-4-2-10(3-5-11)7(12)6-9;1-10-6(9)8-4-2-7-3-5-8/h2-6H2,1H3;7H,2-5H2,1H3. The molecule has 2 fully saturated rings. The Bertz CT molecular complexity index is 399. The molecule has 0 bridgehead atoms. The van der Waals surface area contributed by atoms with Gasteiger partial charge in [0.05, 0.1) is 14.2 Å². The largest absolute Gasteiger partial charge is 0.453 e. The predicted molar refractivity (Wildman–Crippen MR) is 88.1 cm³/mol. The van der Waals surface area contributed by atoms with Crippen molar-refractivity contribution < 1.29 is 23.9 Å². The van der Waals surface area contributed by atoms with E-state index in [1.54, 1.807) is 14.7 Å². The predicted octanol–water partition coefficient (Wildman–Crippen LogP) is -0.206. The quantitative estimate of drug-likeness (QED) is 0.648. The minimum absolute atomic E-state index is 0.00176. The zero-order valence-electron chi connectivity index (χ0n) is 14.1. The van der Waals surface area contributed by atoms with Crippen molar-refractivity contribution in [3.63, 3.8) is 0 Å². The average molecular weight is 365 g/mol. The number of amides is 3. The highest BCUT2D eigenvalue weighted by molar-refractivity contribution is 6.27. The fraction of sp³-hybridized carbons (Fsp3) is 0.786. The van der Waals surface area contributed by atoms with Gasteiger partial charge in [-0.15, -0.1) is 11.6 Å². The minimum atomic E-state index is -0.344. The highest BCUT2D eigenvalue weighted by Gasteiger charge is 2.23. The molecule has 9 nitrogen and oxygen atoms in total. The molecule has 0 spiro atoms. The number of nitrogens with zero attached hydrogens (tertiary/aromatic N) is 3. The van der Waals surface area contributed by atoms with E-state index in [4.69, 9.17) is 11.6 Å². The summed E-state index contributed by atoms with van der Waals surface area (Å²) < 4.78 is 9.12. The van der Waals surface area contributed by atoms with Gasteiger partial charge in [-0.2, -0.15) is 0 Å². The number of alkyl halides is 1. The van der Waals surface area contributed by atoms with E-state index in [9.17, 15) is 14.4 Å². The van der Waals surface area contributed by atoms with Crippen LogP contribution in [0.1, 0.15) is 0 Å². The molecule has 0 aliphatic carbocycles. The first kappa shape index (κ1) is 20.3. The Morgan fingerprint density at radius 1 is 0.833 bits per heavy atom. The van der Waals surface area contributed by atoms with E-state index in [1.165, 1.54) is 14.2 Å². The first-order valence-electron chi connectivity index (χ1n) is 7.73. The topological polar surface area (TPSA) is 91.4 Å². The van der Waals surface area contributed by atoms with Crippen LogP contribution in [0.25, 0.3) is 0 Å². The first-order valence-corrected chi connectivity index (χ1v) is 8.27. The molecule has 3 amide bonds. The maximum atomic E-state index is 11.2. The highest BCUT2D eigenvalue weighted by atomic mass is 35.5. The Hall–Kier alpha value is -1.74. The van der Waals surface area contributed by atoms with Gasteiger partial charge < -0.3 is 29.5 Å². The van der Waals surface area contributed by atoms with E-state index in [1.807, 2.05) is 0 Å². The molecular formula is C14H25ClN4O5. The maximum absolute atomic E-state index is 11.2. The second kappa shape index (κ2) is 10.9. The summed E-state index contributed by atoms with van der Waals surface area (Å²) in [6.45, 7) is 5.33. The third kappa shape index (κ3) is 6.40. The molecular weight excluding hydrogens is 340 g/mol. The molecule has 2 rings (SSSR count). The van der Waals surface area contributed by atoms with Gasteiger partial charge in [-0.05, 0) is 0 Å². The maximum Gasteiger partial charge on any atom is 0.409 e. The van der Waals surface area contributed by atoms with Gasteiger partial charge in [-0.25, -0.2) is 9.59 Å². The molecule has 0 aromatic carbocycles. The van der Waals surface area contributed by atoms with Crippen molar-refractivity contribution in [3.05, 3.63) is 0 Å². The number of methoxy groups -OCH3 is 2. The lowest BCUT2D eigenvalue weighted by Crippen LogP contribution is -2.50. The number of ether oxygens (including phenoxy) is 2. The van der Waals surface area contributed by atoms with Gasteiger partial charge in [-0.1, -0.05) is 0 Å². The van der Waals surface area contributed by atoms with Crippen molar-refractivity contribution in [3.8, 4) is 0 Å². The van der Waals surface area contributed by atoms with Crippen molar-refractivity contribution in [2.24, 2.45) is 0 Å². The third-order valence-corrected chi connectivity index (χ3v) is 3.96. The molecule has 0 unspecified atom stereocenters. The normalized spacial score (nSPS) is 17.5. The third-order valence-electron chi connectivity index (χ3n) is 3.73. The molecule has 0 saturated carbocycles. The van der Waals surface area contributed by atoms with Crippen LogP contribution in [0.4, 0.5) is 9.59 Å². The van der Waals surface area contributed by atoms with Gasteiger partial charge in [0.25, 0.3) is 0 Å². The lowest BCUT2D eigenvalue weighted by Gasteiger charge is -2.33. The van der Waals surface area contributed by atoms with E-state index < -0.39 is 0 Å². The van der Waals surface area contributed by atoms with Crippen LogP contribution in [0.2, 0.25) is 0 Å². The number of hydrogen-bond donors (Lipinski definition) is 1. The zero-order valence-corrected chi connectivity index (χ0v) is 14.9. The van der Waals surface area contributed by atoms with Gasteiger partial charge >= 0.3 is 12.2 Å². The summed E-state index contributed by atoms with van der Waals surface area (Å²) in [5.41, 5.74) is 0. The van der Waals surface area contributed by atoms with Crippen LogP contribution >= 0.6 is 11.6 Å². The number of piperazine rings is 2. The fourth-order valence-electron chi connectivity index (χ4n) is 2.33. The van der Waals surface area contributed by atoms with Crippen LogP contribution in [0.15, 0.2) is 0 Å². The van der Waals surface area contributed by atoms with Crippen LogP contribution in [0.3, 0.4) is 0 Å². The van der Waals surface area contributed by atoms with Crippen LogP contribution in [-0.2, 0) is 14.3 Å². The van der Waals surface area contributed by atoms with Crippen LogP contribution < -0.4 is 5.32 Å². The lowest BCUT2D eigenvalue weighted by atomic mass is 10.3. The molecule has 0 radical (unpaired) electrons. The van der Waals surface area contributed by atoms with Gasteiger partial charge in [-0.3, -0.25) is 4.79 Å². The van der Waals surface area contributed by atoms with Crippen molar-refractivity contribution in [2.45, 2.75) is 0 Å². The second-order valence-corrected chi connectivity index (χ2v) is 5.45. The summed E-state index contributed by atoms with van der Waals surface area (Å²) in [7, 11) is 2.75. The Labute approximate surface area is 146 Å². The summed E-state index contributed by atoms with van der Waals surface area (Å²) in [5.74, 6) is -0.0886. The SMILES string of the molecule is COC(=O)N1CCN(C(=O)CCl)CC1.COC(=O)N1CCNCC1. The zero-order chi connectivity index (χ0) is 17.9.